The summed E-state index contributed by atoms with van der Waals surface area (Å²) in [5.74, 6) is 1.03. The van der Waals surface area contributed by atoms with Crippen LogP contribution in [-0.2, 0) is 0 Å². The van der Waals surface area contributed by atoms with Crippen LogP contribution >= 0.6 is 0 Å². The molecular weight excluding hydrogens is 294 g/mol. The Morgan fingerprint density at radius 3 is 2.12 bits per heavy atom. The Bertz CT molecular complexity index is 324. The maximum Gasteiger partial charge on any atom is 0.0113 e. The van der Waals surface area contributed by atoms with Crippen LogP contribution in [0.5, 0.6) is 0 Å². The number of likely N-dealkylation sites (tertiary alicyclic amines) is 1. The van der Waals surface area contributed by atoms with Gasteiger partial charge in [0, 0.05) is 32.2 Å². The van der Waals surface area contributed by atoms with Crippen molar-refractivity contribution in [1.29, 1.82) is 0 Å². The Morgan fingerprint density at radius 1 is 0.708 bits per heavy atom. The molecule has 3 fully saturated rings. The summed E-state index contributed by atoms with van der Waals surface area (Å²) in [7, 11) is 2.27. The Morgan fingerprint density at radius 2 is 1.42 bits per heavy atom. The van der Waals surface area contributed by atoms with Crippen LogP contribution < -0.4 is 0 Å². The van der Waals surface area contributed by atoms with Gasteiger partial charge in [-0.2, -0.15) is 0 Å². The van der Waals surface area contributed by atoms with E-state index in [2.05, 4.69) is 21.7 Å². The lowest BCUT2D eigenvalue weighted by molar-refractivity contribution is 0.0780. The predicted molar refractivity (Wildman–Crippen MR) is 104 cm³/mol. The second kappa shape index (κ2) is 10.1. The fourth-order valence-corrected chi connectivity index (χ4v) is 5.09. The topological polar surface area (TPSA) is 9.72 Å². The standard InChI is InChI=1S/C21H41N3/c1-22-14-11-20(12-15-22)8-4-3-7-13-23-16-18-24(19-17-23)21-9-5-2-6-10-21/h20-21H,2-19H2,1H3. The van der Waals surface area contributed by atoms with Gasteiger partial charge >= 0.3 is 0 Å². The molecule has 3 rings (SSSR count). The summed E-state index contributed by atoms with van der Waals surface area (Å²) in [6.45, 7) is 9.33. The molecule has 3 nitrogen and oxygen atoms in total. The third kappa shape index (κ3) is 6.00. The van der Waals surface area contributed by atoms with Crippen LogP contribution in [0.25, 0.3) is 0 Å². The average molecular weight is 336 g/mol. The van der Waals surface area contributed by atoms with Gasteiger partial charge in [-0.3, -0.25) is 4.90 Å². The number of nitrogens with zero attached hydrogens (tertiary/aromatic N) is 3. The molecule has 2 aliphatic heterocycles. The highest BCUT2D eigenvalue weighted by molar-refractivity contribution is 4.81. The van der Waals surface area contributed by atoms with Crippen LogP contribution in [0, 0.1) is 5.92 Å². The van der Waals surface area contributed by atoms with Gasteiger partial charge < -0.3 is 9.80 Å². The molecule has 0 amide bonds. The van der Waals surface area contributed by atoms with Crippen LogP contribution in [0.3, 0.4) is 0 Å². The maximum atomic E-state index is 2.80. The van der Waals surface area contributed by atoms with E-state index >= 15 is 0 Å². The molecule has 24 heavy (non-hydrogen) atoms. The first kappa shape index (κ1) is 18.7. The largest absolute Gasteiger partial charge is 0.306 e. The van der Waals surface area contributed by atoms with Gasteiger partial charge in [0.2, 0.25) is 0 Å². The van der Waals surface area contributed by atoms with Gasteiger partial charge in [0.1, 0.15) is 0 Å². The minimum Gasteiger partial charge on any atom is -0.306 e. The van der Waals surface area contributed by atoms with Gasteiger partial charge in [-0.05, 0) is 64.7 Å². The number of piperidine rings is 1. The number of unbranched alkanes of at least 4 members (excludes halogenated alkanes) is 2. The van der Waals surface area contributed by atoms with Crippen molar-refractivity contribution in [2.45, 2.75) is 76.7 Å². The van der Waals surface area contributed by atoms with Crippen molar-refractivity contribution in [1.82, 2.24) is 14.7 Å². The second-order valence-corrected chi connectivity index (χ2v) is 8.77. The molecule has 3 heteroatoms. The number of piperazine rings is 1. The van der Waals surface area contributed by atoms with E-state index in [1.54, 1.807) is 0 Å². The summed E-state index contributed by atoms with van der Waals surface area (Å²) in [4.78, 5) is 8.02. The molecular formula is C21H41N3. The SMILES string of the molecule is CN1CCC(CCCCCN2CCN(C3CCCCC3)CC2)CC1. The molecule has 1 saturated carbocycles. The molecule has 0 aromatic heterocycles. The van der Waals surface area contributed by atoms with Gasteiger partial charge in [0.05, 0.1) is 0 Å². The third-order valence-electron chi connectivity index (χ3n) is 6.92. The molecule has 0 aromatic rings. The fraction of sp³-hybridized carbons (Fsp3) is 1.00. The Kier molecular flexibility index (Phi) is 7.88. The van der Waals surface area contributed by atoms with E-state index in [1.165, 1.54) is 116 Å². The van der Waals surface area contributed by atoms with Crippen molar-refractivity contribution >= 4 is 0 Å². The maximum absolute atomic E-state index is 2.80. The number of rotatable bonds is 7. The first-order chi connectivity index (χ1) is 11.8. The molecule has 0 unspecified atom stereocenters. The van der Waals surface area contributed by atoms with Crippen molar-refractivity contribution in [3.8, 4) is 0 Å². The third-order valence-corrected chi connectivity index (χ3v) is 6.92. The van der Waals surface area contributed by atoms with Crippen molar-refractivity contribution in [3.05, 3.63) is 0 Å². The first-order valence-corrected chi connectivity index (χ1v) is 11.0. The van der Waals surface area contributed by atoms with Crippen molar-refractivity contribution in [3.63, 3.8) is 0 Å². The monoisotopic (exact) mass is 335 g/mol. The van der Waals surface area contributed by atoms with E-state index in [-0.39, 0.29) is 0 Å². The molecule has 1 aliphatic carbocycles. The second-order valence-electron chi connectivity index (χ2n) is 8.77. The van der Waals surface area contributed by atoms with E-state index in [9.17, 15) is 0 Å². The summed E-state index contributed by atoms with van der Waals surface area (Å²) in [6.07, 6.45) is 16.1. The lowest BCUT2D eigenvalue weighted by Gasteiger charge is -2.40. The predicted octanol–water partition coefficient (Wildman–Crippen LogP) is 3.84. The molecule has 0 radical (unpaired) electrons. The minimum absolute atomic E-state index is 0.926. The van der Waals surface area contributed by atoms with Gasteiger partial charge in [0.25, 0.3) is 0 Å². The first-order valence-electron chi connectivity index (χ1n) is 11.0. The smallest absolute Gasteiger partial charge is 0.0113 e. The van der Waals surface area contributed by atoms with Crippen LogP contribution in [0.15, 0.2) is 0 Å². The summed E-state index contributed by atoms with van der Waals surface area (Å²) >= 11 is 0. The van der Waals surface area contributed by atoms with Gasteiger partial charge in [0.15, 0.2) is 0 Å². The Balaban J connectivity index is 1.20. The number of hydrogen-bond acceptors (Lipinski definition) is 3. The van der Waals surface area contributed by atoms with Crippen LogP contribution in [0.2, 0.25) is 0 Å². The summed E-state index contributed by atoms with van der Waals surface area (Å²) in [6, 6.07) is 0.926. The number of hydrogen-bond donors (Lipinski definition) is 0. The lowest BCUT2D eigenvalue weighted by atomic mass is 9.91. The van der Waals surface area contributed by atoms with Gasteiger partial charge in [-0.25, -0.2) is 0 Å². The molecule has 140 valence electrons. The minimum atomic E-state index is 0.926. The summed E-state index contributed by atoms with van der Waals surface area (Å²) < 4.78 is 0. The van der Waals surface area contributed by atoms with Crippen LogP contribution in [0.1, 0.15) is 70.6 Å². The van der Waals surface area contributed by atoms with E-state index in [0.717, 1.165) is 12.0 Å². The highest BCUT2D eigenvalue weighted by Crippen LogP contribution is 2.24. The molecule has 0 N–H and O–H groups in total. The van der Waals surface area contributed by atoms with E-state index in [1.807, 2.05) is 0 Å². The highest BCUT2D eigenvalue weighted by Gasteiger charge is 2.24. The zero-order valence-electron chi connectivity index (χ0n) is 16.2. The Hall–Kier alpha value is -0.120. The van der Waals surface area contributed by atoms with E-state index in [4.69, 9.17) is 0 Å². The molecule has 0 bridgehead atoms. The van der Waals surface area contributed by atoms with Crippen LogP contribution in [-0.4, -0.2) is 73.6 Å². The van der Waals surface area contributed by atoms with Crippen molar-refractivity contribution in [2.24, 2.45) is 5.92 Å². The molecule has 0 spiro atoms. The summed E-state index contributed by atoms with van der Waals surface area (Å²) in [5, 5.41) is 0. The van der Waals surface area contributed by atoms with Gasteiger partial charge in [-0.15, -0.1) is 0 Å². The average Bonchev–Trinajstić information content (AvgIpc) is 2.64. The zero-order valence-corrected chi connectivity index (χ0v) is 16.2. The zero-order chi connectivity index (χ0) is 16.6. The highest BCUT2D eigenvalue weighted by atomic mass is 15.3. The molecule has 0 aromatic carbocycles. The molecule has 0 atom stereocenters. The quantitative estimate of drug-likeness (QED) is 0.655. The van der Waals surface area contributed by atoms with Crippen molar-refractivity contribution in [2.75, 3.05) is 52.9 Å². The molecule has 2 heterocycles. The van der Waals surface area contributed by atoms with E-state index < -0.39 is 0 Å². The fourth-order valence-electron chi connectivity index (χ4n) is 5.09. The van der Waals surface area contributed by atoms with Crippen LogP contribution in [0.4, 0.5) is 0 Å². The molecule has 3 aliphatic rings. The normalized spacial score (nSPS) is 26.9. The van der Waals surface area contributed by atoms with Gasteiger partial charge in [-0.1, -0.05) is 38.5 Å². The lowest BCUT2D eigenvalue weighted by Crippen LogP contribution is -2.50. The van der Waals surface area contributed by atoms with Crippen molar-refractivity contribution < 1.29 is 0 Å². The van der Waals surface area contributed by atoms with E-state index in [0.29, 0.717) is 0 Å². The Labute approximate surface area is 150 Å². The summed E-state index contributed by atoms with van der Waals surface area (Å²) in [5.41, 5.74) is 0. The molecule has 2 saturated heterocycles.